The Morgan fingerprint density at radius 2 is 1.87 bits per heavy atom. The van der Waals surface area contributed by atoms with Crippen LogP contribution in [0.3, 0.4) is 0 Å². The lowest BCUT2D eigenvalue weighted by molar-refractivity contribution is -0.0553. The first-order valence-electron chi connectivity index (χ1n) is 7.99. The highest BCUT2D eigenvalue weighted by molar-refractivity contribution is 9.10. The molecule has 2 saturated heterocycles. The van der Waals surface area contributed by atoms with Crippen LogP contribution >= 0.6 is 15.9 Å². The monoisotopic (exact) mass is 402 g/mol. The summed E-state index contributed by atoms with van der Waals surface area (Å²) >= 11 is 3.45. The lowest BCUT2D eigenvalue weighted by Crippen LogP contribution is -2.67. The van der Waals surface area contributed by atoms with Gasteiger partial charge in [0.15, 0.2) is 0 Å². The van der Waals surface area contributed by atoms with Crippen LogP contribution in [0.25, 0.3) is 0 Å². The highest BCUT2D eigenvalue weighted by atomic mass is 79.9. The number of aliphatic hydroxyl groups excluding tert-OH is 1. The molecule has 2 heterocycles. The first kappa shape index (κ1) is 17.4. The molecule has 5 nitrogen and oxygen atoms in total. The average molecular weight is 403 g/mol. The van der Waals surface area contributed by atoms with E-state index in [2.05, 4.69) is 33.0 Å². The largest absolute Gasteiger partial charge is 0.395 e. The minimum absolute atomic E-state index is 0.0840. The van der Waals surface area contributed by atoms with Crippen LogP contribution in [0.15, 0.2) is 28.7 Å². The molecule has 7 heteroatoms. The van der Waals surface area contributed by atoms with Gasteiger partial charge in [0.1, 0.15) is 0 Å². The van der Waals surface area contributed by atoms with E-state index in [-0.39, 0.29) is 24.6 Å². The molecule has 0 amide bonds. The van der Waals surface area contributed by atoms with Crippen LogP contribution in [0.1, 0.15) is 24.3 Å². The van der Waals surface area contributed by atoms with Crippen molar-refractivity contribution < 1.29 is 13.5 Å². The zero-order valence-corrected chi connectivity index (χ0v) is 15.6. The van der Waals surface area contributed by atoms with Crippen molar-refractivity contribution in [2.75, 3.05) is 32.5 Å². The molecule has 0 unspecified atom stereocenters. The average Bonchev–Trinajstić information content (AvgIpc) is 2.46. The SMILES string of the molecule is CS(=O)(=O)N1CCCCN2[C@H](C1)[C@@H](c1ccc(Br)cc1)[C@@H]2CO. The highest BCUT2D eigenvalue weighted by Crippen LogP contribution is 2.42. The summed E-state index contributed by atoms with van der Waals surface area (Å²) < 4.78 is 26.7. The maximum atomic E-state index is 12.0. The molecule has 2 aliphatic rings. The predicted octanol–water partition coefficient (Wildman–Crippen LogP) is 1.63. The van der Waals surface area contributed by atoms with Crippen molar-refractivity contribution in [3.63, 3.8) is 0 Å². The third kappa shape index (κ3) is 3.49. The van der Waals surface area contributed by atoms with Gasteiger partial charge in [-0.05, 0) is 37.1 Å². The van der Waals surface area contributed by atoms with Crippen molar-refractivity contribution in [1.29, 1.82) is 0 Å². The van der Waals surface area contributed by atoms with Crippen LogP contribution < -0.4 is 0 Å². The number of nitrogens with zero attached hydrogens (tertiary/aromatic N) is 2. The van der Waals surface area contributed by atoms with Crippen LogP contribution in [-0.4, -0.2) is 67.3 Å². The number of halogens is 1. The normalized spacial score (nSPS) is 30.1. The third-order valence-corrected chi connectivity index (χ3v) is 6.85. The van der Waals surface area contributed by atoms with E-state index in [0.29, 0.717) is 13.1 Å². The summed E-state index contributed by atoms with van der Waals surface area (Å²) in [5.41, 5.74) is 1.17. The van der Waals surface area contributed by atoms with Crippen LogP contribution in [0.5, 0.6) is 0 Å². The minimum Gasteiger partial charge on any atom is -0.395 e. The number of rotatable bonds is 3. The van der Waals surface area contributed by atoms with Gasteiger partial charge in [-0.25, -0.2) is 12.7 Å². The van der Waals surface area contributed by atoms with Gasteiger partial charge < -0.3 is 5.11 Å². The van der Waals surface area contributed by atoms with Crippen molar-refractivity contribution >= 4 is 26.0 Å². The fraction of sp³-hybridized carbons (Fsp3) is 0.625. The quantitative estimate of drug-likeness (QED) is 0.834. The zero-order valence-electron chi connectivity index (χ0n) is 13.2. The van der Waals surface area contributed by atoms with Gasteiger partial charge in [0, 0.05) is 35.6 Å². The number of sulfonamides is 1. The Bertz CT molecular complexity index is 650. The highest BCUT2D eigenvalue weighted by Gasteiger charge is 2.49. The van der Waals surface area contributed by atoms with E-state index in [1.807, 2.05) is 12.1 Å². The van der Waals surface area contributed by atoms with Gasteiger partial charge in [-0.2, -0.15) is 0 Å². The Hall–Kier alpha value is -0.470. The molecule has 0 saturated carbocycles. The van der Waals surface area contributed by atoms with Gasteiger partial charge in [-0.15, -0.1) is 0 Å². The summed E-state index contributed by atoms with van der Waals surface area (Å²) in [6, 6.07) is 8.37. The Balaban J connectivity index is 1.88. The van der Waals surface area contributed by atoms with Crippen molar-refractivity contribution in [2.45, 2.75) is 30.8 Å². The molecule has 2 aliphatic heterocycles. The maximum Gasteiger partial charge on any atom is 0.211 e. The summed E-state index contributed by atoms with van der Waals surface area (Å²) in [6.07, 6.45) is 3.12. The molecule has 3 rings (SSSR count). The van der Waals surface area contributed by atoms with Gasteiger partial charge >= 0.3 is 0 Å². The summed E-state index contributed by atoms with van der Waals surface area (Å²) in [7, 11) is -3.19. The van der Waals surface area contributed by atoms with Gasteiger partial charge in [0.05, 0.1) is 12.9 Å². The van der Waals surface area contributed by atoms with Crippen LogP contribution in [0.4, 0.5) is 0 Å². The summed E-state index contributed by atoms with van der Waals surface area (Å²) in [4.78, 5) is 2.28. The summed E-state index contributed by atoms with van der Waals surface area (Å²) in [6.45, 7) is 2.15. The van der Waals surface area contributed by atoms with E-state index in [4.69, 9.17) is 0 Å². The van der Waals surface area contributed by atoms with Gasteiger partial charge in [-0.1, -0.05) is 28.1 Å². The second-order valence-electron chi connectivity index (χ2n) is 6.46. The molecule has 23 heavy (non-hydrogen) atoms. The van der Waals surface area contributed by atoms with Crippen molar-refractivity contribution in [1.82, 2.24) is 9.21 Å². The molecule has 1 N–H and O–H groups in total. The first-order valence-corrected chi connectivity index (χ1v) is 10.6. The van der Waals surface area contributed by atoms with E-state index < -0.39 is 10.0 Å². The number of benzene rings is 1. The predicted molar refractivity (Wildman–Crippen MR) is 93.9 cm³/mol. The molecule has 0 radical (unpaired) electrons. The molecule has 0 spiro atoms. The van der Waals surface area contributed by atoms with Crippen molar-refractivity contribution in [3.05, 3.63) is 34.3 Å². The topological polar surface area (TPSA) is 60.9 Å². The third-order valence-electron chi connectivity index (χ3n) is 5.06. The Labute approximate surface area is 146 Å². The molecular weight excluding hydrogens is 380 g/mol. The Kier molecular flexibility index (Phi) is 5.13. The number of fused-ring (bicyclic) bond motifs is 1. The van der Waals surface area contributed by atoms with E-state index >= 15 is 0 Å². The molecule has 2 fully saturated rings. The van der Waals surface area contributed by atoms with Crippen molar-refractivity contribution in [3.8, 4) is 0 Å². The second-order valence-corrected chi connectivity index (χ2v) is 9.36. The fourth-order valence-corrected chi connectivity index (χ4v) is 5.04. The molecule has 0 aromatic heterocycles. The maximum absolute atomic E-state index is 12.0. The van der Waals surface area contributed by atoms with Crippen molar-refractivity contribution in [2.24, 2.45) is 0 Å². The number of aliphatic hydroxyl groups is 1. The van der Waals surface area contributed by atoms with Gasteiger partial charge in [0.2, 0.25) is 10.0 Å². The van der Waals surface area contributed by atoms with Crippen LogP contribution in [0.2, 0.25) is 0 Å². The lowest BCUT2D eigenvalue weighted by Gasteiger charge is -2.57. The van der Waals surface area contributed by atoms with Crippen LogP contribution in [-0.2, 0) is 10.0 Å². The fourth-order valence-electron chi connectivity index (χ4n) is 3.89. The molecule has 0 bridgehead atoms. The molecule has 128 valence electrons. The standard InChI is InChI=1S/C16H23BrN2O3S/c1-23(21,22)18-8-2-3-9-19-14(10-18)16(15(19)11-20)12-4-6-13(17)7-5-12/h4-7,14-16,20H,2-3,8-11H2,1H3/t14-,15+,16-/m1/s1. The van der Waals surface area contributed by atoms with Gasteiger partial charge in [-0.3, -0.25) is 4.90 Å². The molecule has 1 aromatic rings. The summed E-state index contributed by atoms with van der Waals surface area (Å²) in [5, 5.41) is 9.82. The minimum atomic E-state index is -3.19. The number of hydrogen-bond donors (Lipinski definition) is 1. The second kappa shape index (κ2) is 6.80. The zero-order chi connectivity index (χ0) is 16.6. The molecule has 3 atom stereocenters. The molecular formula is C16H23BrN2O3S. The van der Waals surface area contributed by atoms with Gasteiger partial charge in [0.25, 0.3) is 0 Å². The lowest BCUT2D eigenvalue weighted by atomic mass is 9.74. The first-order chi connectivity index (χ1) is 10.9. The van der Waals surface area contributed by atoms with E-state index in [1.54, 1.807) is 4.31 Å². The number of hydrogen-bond acceptors (Lipinski definition) is 4. The van der Waals surface area contributed by atoms with E-state index in [9.17, 15) is 13.5 Å². The Morgan fingerprint density at radius 1 is 1.22 bits per heavy atom. The molecule has 0 aliphatic carbocycles. The van der Waals surface area contributed by atoms with E-state index in [1.165, 1.54) is 11.8 Å². The van der Waals surface area contributed by atoms with E-state index in [0.717, 1.165) is 23.9 Å². The smallest absolute Gasteiger partial charge is 0.211 e. The molecule has 1 aromatic carbocycles. The summed E-state index contributed by atoms with van der Waals surface area (Å²) in [5.74, 6) is 0.176. The van der Waals surface area contributed by atoms with Crippen LogP contribution in [0, 0.1) is 0 Å². The Morgan fingerprint density at radius 3 is 2.48 bits per heavy atom.